The van der Waals surface area contributed by atoms with Crippen LogP contribution < -0.4 is 15.5 Å². The molecule has 5 nitrogen and oxygen atoms in total. The second kappa shape index (κ2) is 17.8. The van der Waals surface area contributed by atoms with Gasteiger partial charge in [0.1, 0.15) is 0 Å². The summed E-state index contributed by atoms with van der Waals surface area (Å²) in [6, 6.07) is -1.14. The number of unbranched alkanes of at least 4 members (excludes halogenated alkanes) is 9. The topological polar surface area (TPSA) is 92.3 Å². The van der Waals surface area contributed by atoms with Gasteiger partial charge >= 0.3 is 48.9 Å². The first-order valence-electron chi connectivity index (χ1n) is 8.22. The van der Waals surface area contributed by atoms with Crippen molar-refractivity contribution in [2.45, 2.75) is 83.6 Å². The van der Waals surface area contributed by atoms with E-state index in [1.807, 2.05) is 0 Å². The second-order valence-corrected chi connectivity index (χ2v) is 5.58. The molecule has 0 unspecified atom stereocenters. The summed E-state index contributed by atoms with van der Waals surface area (Å²) in [6.07, 6.45) is 11.5. The Hall–Kier alpha value is 0.471. The molecule has 0 aliphatic rings. The SMILES string of the molecule is CCCCCCCCCCCCN[C@H](CC(=O)[O-])C(=O)[O-].[Ba+2]. The molecule has 1 atom stereocenters. The first kappa shape index (κ1) is 24.7. The fourth-order valence-corrected chi connectivity index (χ4v) is 2.29. The maximum Gasteiger partial charge on any atom is 2.00 e. The molecule has 0 saturated carbocycles. The molecule has 0 aliphatic carbocycles. The number of carboxylic acids is 2. The normalized spacial score (nSPS) is 11.7. The van der Waals surface area contributed by atoms with Crippen LogP contribution >= 0.6 is 0 Å². The molecular weight excluding hydrogens is 408 g/mol. The molecule has 22 heavy (non-hydrogen) atoms. The van der Waals surface area contributed by atoms with Crippen LogP contribution in [0.2, 0.25) is 0 Å². The molecule has 0 heterocycles. The van der Waals surface area contributed by atoms with Crippen molar-refractivity contribution in [1.29, 1.82) is 0 Å². The van der Waals surface area contributed by atoms with Gasteiger partial charge in [0.05, 0.1) is 12.0 Å². The minimum atomic E-state index is -1.38. The number of hydrogen-bond acceptors (Lipinski definition) is 5. The largest absolute Gasteiger partial charge is 2.00 e. The number of nitrogens with one attached hydrogen (secondary N) is 1. The van der Waals surface area contributed by atoms with E-state index in [1.165, 1.54) is 44.9 Å². The van der Waals surface area contributed by atoms with Gasteiger partial charge in [-0.3, -0.25) is 0 Å². The van der Waals surface area contributed by atoms with Gasteiger partial charge in [-0.05, 0) is 13.0 Å². The summed E-state index contributed by atoms with van der Waals surface area (Å²) < 4.78 is 0. The molecule has 1 N–H and O–H groups in total. The Morgan fingerprint density at radius 3 is 1.73 bits per heavy atom. The first-order valence-corrected chi connectivity index (χ1v) is 8.22. The molecule has 0 spiro atoms. The summed E-state index contributed by atoms with van der Waals surface area (Å²) in [7, 11) is 0. The van der Waals surface area contributed by atoms with E-state index in [0.717, 1.165) is 19.3 Å². The van der Waals surface area contributed by atoms with Gasteiger partial charge < -0.3 is 25.1 Å². The maximum atomic E-state index is 10.7. The first-order chi connectivity index (χ1) is 10.1. The summed E-state index contributed by atoms with van der Waals surface area (Å²) in [6.45, 7) is 2.72. The van der Waals surface area contributed by atoms with Crippen LogP contribution in [0, 0.1) is 0 Å². The van der Waals surface area contributed by atoms with Gasteiger partial charge in [-0.25, -0.2) is 0 Å². The zero-order chi connectivity index (χ0) is 15.9. The van der Waals surface area contributed by atoms with E-state index in [9.17, 15) is 19.8 Å². The van der Waals surface area contributed by atoms with Crippen LogP contribution in [-0.2, 0) is 9.59 Å². The van der Waals surface area contributed by atoms with Gasteiger partial charge in [0.25, 0.3) is 0 Å². The minimum Gasteiger partial charge on any atom is -0.550 e. The molecule has 0 aromatic heterocycles. The predicted molar refractivity (Wildman–Crippen MR) is 84.0 cm³/mol. The summed E-state index contributed by atoms with van der Waals surface area (Å²) in [5.41, 5.74) is 0. The fourth-order valence-electron chi connectivity index (χ4n) is 2.29. The third kappa shape index (κ3) is 16.8. The number of carbonyl (C=O) groups is 2. The summed E-state index contributed by atoms with van der Waals surface area (Å²) in [5.74, 6) is -2.76. The minimum absolute atomic E-state index is 0. The molecule has 0 aromatic carbocycles. The summed E-state index contributed by atoms with van der Waals surface area (Å²) in [4.78, 5) is 21.1. The van der Waals surface area contributed by atoms with Crippen molar-refractivity contribution in [3.63, 3.8) is 0 Å². The quantitative estimate of drug-likeness (QED) is 0.296. The van der Waals surface area contributed by atoms with Gasteiger partial charge in [0.15, 0.2) is 0 Å². The predicted octanol–water partition coefficient (Wildman–Crippen LogP) is 0.375. The maximum absolute atomic E-state index is 10.7. The van der Waals surface area contributed by atoms with Gasteiger partial charge in [-0.2, -0.15) is 0 Å². The third-order valence-electron chi connectivity index (χ3n) is 3.58. The Morgan fingerprint density at radius 2 is 1.32 bits per heavy atom. The van der Waals surface area contributed by atoms with Gasteiger partial charge in [0.2, 0.25) is 0 Å². The van der Waals surface area contributed by atoms with Crippen molar-refractivity contribution in [1.82, 2.24) is 5.32 Å². The average molecular weight is 437 g/mol. The number of rotatable bonds is 15. The molecule has 0 aromatic rings. The van der Waals surface area contributed by atoms with Gasteiger partial charge in [-0.15, -0.1) is 0 Å². The van der Waals surface area contributed by atoms with Gasteiger partial charge in [-0.1, -0.05) is 64.7 Å². The van der Waals surface area contributed by atoms with Crippen LogP contribution in [-0.4, -0.2) is 73.4 Å². The zero-order valence-corrected chi connectivity index (χ0v) is 18.3. The van der Waals surface area contributed by atoms with E-state index >= 15 is 0 Å². The molecule has 6 heteroatoms. The van der Waals surface area contributed by atoms with E-state index in [2.05, 4.69) is 12.2 Å². The van der Waals surface area contributed by atoms with Crippen molar-refractivity contribution in [3.05, 3.63) is 0 Å². The molecule has 0 aliphatic heterocycles. The molecule has 0 amide bonds. The van der Waals surface area contributed by atoms with Crippen LogP contribution in [0.5, 0.6) is 0 Å². The Bertz CT molecular complexity index is 287. The zero-order valence-electron chi connectivity index (χ0n) is 13.9. The molecule has 0 fully saturated rings. The smallest absolute Gasteiger partial charge is 0.550 e. The van der Waals surface area contributed by atoms with Crippen LogP contribution in [0.3, 0.4) is 0 Å². The third-order valence-corrected chi connectivity index (χ3v) is 3.58. The second-order valence-electron chi connectivity index (χ2n) is 5.58. The molecule has 124 valence electrons. The molecular formula is C16H29BaNO4. The van der Waals surface area contributed by atoms with Crippen LogP contribution in [0.4, 0.5) is 0 Å². The van der Waals surface area contributed by atoms with E-state index in [0.29, 0.717) is 6.54 Å². The summed E-state index contributed by atoms with van der Waals surface area (Å²) >= 11 is 0. The number of carboxylic acid groups (broad SMARTS) is 2. The molecule has 0 radical (unpaired) electrons. The Labute approximate surface area is 174 Å². The fraction of sp³-hybridized carbons (Fsp3) is 0.875. The Kier molecular flexibility index (Phi) is 20.0. The number of aliphatic carboxylic acids is 2. The van der Waals surface area contributed by atoms with Crippen molar-refractivity contribution in [3.8, 4) is 0 Å². The Morgan fingerprint density at radius 1 is 0.864 bits per heavy atom. The standard InChI is InChI=1S/C16H31NO4.Ba/c1-2-3-4-5-6-7-8-9-10-11-12-17-14(16(20)21)13-15(18)19;/h14,17H,2-13H2,1H3,(H,18,19)(H,20,21);/q;+2/p-2/t14-;/m1./s1. The van der Waals surface area contributed by atoms with E-state index in [1.54, 1.807) is 0 Å². The average Bonchev–Trinajstić information content (AvgIpc) is 2.42. The van der Waals surface area contributed by atoms with Crippen LogP contribution in [0.25, 0.3) is 0 Å². The summed E-state index contributed by atoms with van der Waals surface area (Å²) in [5, 5.41) is 23.7. The molecule has 0 bridgehead atoms. The van der Waals surface area contributed by atoms with E-state index in [-0.39, 0.29) is 48.9 Å². The van der Waals surface area contributed by atoms with Crippen LogP contribution in [0.15, 0.2) is 0 Å². The van der Waals surface area contributed by atoms with Crippen molar-refractivity contribution < 1.29 is 19.8 Å². The molecule has 0 rings (SSSR count). The monoisotopic (exact) mass is 437 g/mol. The van der Waals surface area contributed by atoms with E-state index < -0.39 is 24.4 Å². The van der Waals surface area contributed by atoms with Crippen molar-refractivity contribution in [2.75, 3.05) is 6.54 Å². The van der Waals surface area contributed by atoms with Crippen LogP contribution in [0.1, 0.15) is 77.6 Å². The van der Waals surface area contributed by atoms with Gasteiger partial charge in [0, 0.05) is 12.4 Å². The van der Waals surface area contributed by atoms with E-state index in [4.69, 9.17) is 0 Å². The van der Waals surface area contributed by atoms with Crippen molar-refractivity contribution >= 4 is 60.8 Å². The molecule has 0 saturated heterocycles. The Balaban J connectivity index is 0. The van der Waals surface area contributed by atoms with Crippen molar-refractivity contribution in [2.24, 2.45) is 0 Å². The number of carbonyl (C=O) groups excluding carboxylic acids is 2. The number of hydrogen-bond donors (Lipinski definition) is 1.